The highest BCUT2D eigenvalue weighted by Crippen LogP contribution is 2.41. The molecule has 1 aromatic carbocycles. The summed E-state index contributed by atoms with van der Waals surface area (Å²) in [7, 11) is 0. The van der Waals surface area contributed by atoms with Crippen LogP contribution in [0.4, 0.5) is 0 Å². The smallest absolute Gasteiger partial charge is 0.0128 e. The monoisotopic (exact) mass is 246 g/mol. The van der Waals surface area contributed by atoms with E-state index in [1.54, 1.807) is 11.1 Å². The van der Waals surface area contributed by atoms with Gasteiger partial charge >= 0.3 is 0 Å². The molecule has 0 nitrogen and oxygen atoms in total. The molecule has 0 aliphatic heterocycles. The molecule has 18 heavy (non-hydrogen) atoms. The van der Waals surface area contributed by atoms with Crippen LogP contribution in [-0.4, -0.2) is 0 Å². The summed E-state index contributed by atoms with van der Waals surface area (Å²) >= 11 is 0. The molecule has 0 fully saturated rings. The molecule has 0 bridgehead atoms. The van der Waals surface area contributed by atoms with Crippen LogP contribution >= 0.6 is 0 Å². The van der Waals surface area contributed by atoms with Gasteiger partial charge in [0.25, 0.3) is 0 Å². The van der Waals surface area contributed by atoms with E-state index in [-0.39, 0.29) is 0 Å². The van der Waals surface area contributed by atoms with Gasteiger partial charge in [0, 0.05) is 0 Å². The highest BCUT2D eigenvalue weighted by Gasteiger charge is 2.26. The van der Waals surface area contributed by atoms with Crippen molar-refractivity contribution in [3.8, 4) is 0 Å². The van der Waals surface area contributed by atoms with E-state index in [9.17, 15) is 0 Å². The van der Waals surface area contributed by atoms with Crippen LogP contribution in [0.25, 0.3) is 0 Å². The largest absolute Gasteiger partial charge is 0.0683 e. The van der Waals surface area contributed by atoms with Crippen LogP contribution in [0.3, 0.4) is 0 Å². The SMILES string of the molecule is CC.CCC(CC)C1CCCc2cccc(C)c21. The molecule has 1 aliphatic rings. The van der Waals surface area contributed by atoms with E-state index in [1.807, 2.05) is 13.8 Å². The molecule has 0 aromatic heterocycles. The van der Waals surface area contributed by atoms with Gasteiger partial charge < -0.3 is 0 Å². The summed E-state index contributed by atoms with van der Waals surface area (Å²) in [5.74, 6) is 1.72. The van der Waals surface area contributed by atoms with E-state index in [0.717, 1.165) is 11.8 Å². The molecule has 0 heteroatoms. The molecule has 102 valence electrons. The maximum absolute atomic E-state index is 2.35. The molecule has 1 unspecified atom stereocenters. The minimum Gasteiger partial charge on any atom is -0.0683 e. The Hall–Kier alpha value is -0.780. The molecule has 0 radical (unpaired) electrons. The summed E-state index contributed by atoms with van der Waals surface area (Å²) in [6, 6.07) is 6.86. The molecule has 0 heterocycles. The number of aryl methyl sites for hydroxylation is 2. The first-order valence-corrected chi connectivity index (χ1v) is 7.86. The predicted octanol–water partition coefficient (Wildman–Crippen LogP) is 5.88. The summed E-state index contributed by atoms with van der Waals surface area (Å²) in [6.45, 7) is 11.0. The van der Waals surface area contributed by atoms with E-state index in [1.165, 1.54) is 37.7 Å². The first-order valence-electron chi connectivity index (χ1n) is 7.86. The van der Waals surface area contributed by atoms with Crippen molar-refractivity contribution in [1.82, 2.24) is 0 Å². The van der Waals surface area contributed by atoms with Crippen LogP contribution in [0, 0.1) is 12.8 Å². The van der Waals surface area contributed by atoms with Gasteiger partial charge in [-0.15, -0.1) is 0 Å². The second-order valence-electron chi connectivity index (χ2n) is 5.22. The van der Waals surface area contributed by atoms with E-state index in [0.29, 0.717) is 0 Å². The zero-order valence-corrected chi connectivity index (χ0v) is 12.9. The fourth-order valence-electron chi connectivity index (χ4n) is 3.48. The van der Waals surface area contributed by atoms with Crippen LogP contribution in [0.1, 0.15) is 76.0 Å². The lowest BCUT2D eigenvalue weighted by Gasteiger charge is -2.32. The molecule has 1 atom stereocenters. The predicted molar refractivity (Wildman–Crippen MR) is 82.3 cm³/mol. The number of benzene rings is 1. The van der Waals surface area contributed by atoms with Crippen molar-refractivity contribution in [3.05, 3.63) is 34.9 Å². The number of fused-ring (bicyclic) bond motifs is 1. The lowest BCUT2D eigenvalue weighted by atomic mass is 9.72. The van der Waals surface area contributed by atoms with Gasteiger partial charge in [0.05, 0.1) is 0 Å². The maximum atomic E-state index is 2.35. The highest BCUT2D eigenvalue weighted by molar-refractivity contribution is 5.39. The second kappa shape index (κ2) is 7.61. The molecule has 1 aliphatic carbocycles. The zero-order chi connectivity index (χ0) is 13.5. The summed E-state index contributed by atoms with van der Waals surface area (Å²) < 4.78 is 0. The average Bonchev–Trinajstić information content (AvgIpc) is 2.43. The lowest BCUT2D eigenvalue weighted by Crippen LogP contribution is -2.19. The van der Waals surface area contributed by atoms with Crippen molar-refractivity contribution >= 4 is 0 Å². The minimum absolute atomic E-state index is 0.833. The molecule has 1 aromatic rings. The fraction of sp³-hybridized carbons (Fsp3) is 0.667. The van der Waals surface area contributed by atoms with Gasteiger partial charge in [0.1, 0.15) is 0 Å². The quantitative estimate of drug-likeness (QED) is 0.625. The topological polar surface area (TPSA) is 0 Å². The first kappa shape index (κ1) is 15.3. The third-order valence-corrected chi connectivity index (χ3v) is 4.36. The summed E-state index contributed by atoms with van der Waals surface area (Å²) in [5.41, 5.74) is 4.85. The van der Waals surface area contributed by atoms with Gasteiger partial charge in [0.2, 0.25) is 0 Å². The van der Waals surface area contributed by atoms with Crippen molar-refractivity contribution in [2.75, 3.05) is 0 Å². The molecule has 2 rings (SSSR count). The first-order chi connectivity index (χ1) is 8.77. The molecule has 0 spiro atoms. The van der Waals surface area contributed by atoms with E-state index in [2.05, 4.69) is 39.0 Å². The van der Waals surface area contributed by atoms with E-state index < -0.39 is 0 Å². The summed E-state index contributed by atoms with van der Waals surface area (Å²) in [6.07, 6.45) is 6.75. The number of rotatable bonds is 3. The van der Waals surface area contributed by atoms with Gasteiger partial charge in [0.15, 0.2) is 0 Å². The van der Waals surface area contributed by atoms with Crippen molar-refractivity contribution in [3.63, 3.8) is 0 Å². The van der Waals surface area contributed by atoms with Crippen LogP contribution in [0.2, 0.25) is 0 Å². The normalized spacial score (nSPS) is 18.0. The molecule has 0 amide bonds. The zero-order valence-electron chi connectivity index (χ0n) is 12.9. The van der Waals surface area contributed by atoms with Gasteiger partial charge in [-0.05, 0) is 54.7 Å². The summed E-state index contributed by atoms with van der Waals surface area (Å²) in [4.78, 5) is 0. The van der Waals surface area contributed by atoms with E-state index in [4.69, 9.17) is 0 Å². The number of hydrogen-bond donors (Lipinski definition) is 0. The Morgan fingerprint density at radius 2 is 1.83 bits per heavy atom. The Morgan fingerprint density at radius 1 is 1.17 bits per heavy atom. The molecule has 0 N–H and O–H groups in total. The number of hydrogen-bond acceptors (Lipinski definition) is 0. The van der Waals surface area contributed by atoms with Crippen molar-refractivity contribution < 1.29 is 0 Å². The van der Waals surface area contributed by atoms with Gasteiger partial charge in [-0.3, -0.25) is 0 Å². The fourth-order valence-corrected chi connectivity index (χ4v) is 3.48. The minimum atomic E-state index is 0.833. The molecular formula is C18H30. The lowest BCUT2D eigenvalue weighted by molar-refractivity contribution is 0.357. The highest BCUT2D eigenvalue weighted by atomic mass is 14.3. The Morgan fingerprint density at radius 3 is 2.44 bits per heavy atom. The van der Waals surface area contributed by atoms with Gasteiger partial charge in [-0.25, -0.2) is 0 Å². The van der Waals surface area contributed by atoms with Crippen molar-refractivity contribution in [1.29, 1.82) is 0 Å². The molecular weight excluding hydrogens is 216 g/mol. The summed E-state index contributed by atoms with van der Waals surface area (Å²) in [5, 5.41) is 0. The Balaban J connectivity index is 0.000000771. The Kier molecular flexibility index (Phi) is 6.46. The molecule has 0 saturated heterocycles. The second-order valence-corrected chi connectivity index (χ2v) is 5.22. The van der Waals surface area contributed by atoms with Crippen LogP contribution in [0.15, 0.2) is 18.2 Å². The Labute approximate surface area is 114 Å². The third kappa shape index (κ3) is 3.16. The average molecular weight is 246 g/mol. The Bertz CT molecular complexity index is 347. The van der Waals surface area contributed by atoms with Crippen LogP contribution < -0.4 is 0 Å². The van der Waals surface area contributed by atoms with Crippen molar-refractivity contribution in [2.24, 2.45) is 5.92 Å². The van der Waals surface area contributed by atoms with Crippen LogP contribution in [-0.2, 0) is 6.42 Å². The van der Waals surface area contributed by atoms with Gasteiger partial charge in [-0.1, -0.05) is 58.7 Å². The maximum Gasteiger partial charge on any atom is -0.0128 e. The van der Waals surface area contributed by atoms with Gasteiger partial charge in [-0.2, -0.15) is 0 Å². The molecule has 0 saturated carbocycles. The standard InChI is InChI=1S/C16H24.C2H6/c1-4-13(5-2)15-11-7-10-14-9-6-8-12(3)16(14)15;1-2/h6,8-9,13,15H,4-5,7,10-11H2,1-3H3;1-2H3. The van der Waals surface area contributed by atoms with Crippen molar-refractivity contribution in [2.45, 2.75) is 72.6 Å². The van der Waals surface area contributed by atoms with Crippen LogP contribution in [0.5, 0.6) is 0 Å². The third-order valence-electron chi connectivity index (χ3n) is 4.36. The van der Waals surface area contributed by atoms with E-state index >= 15 is 0 Å².